The molecule has 104 valence electrons. The summed E-state index contributed by atoms with van der Waals surface area (Å²) in [5, 5.41) is 3.01. The Bertz CT molecular complexity index is 412. The van der Waals surface area contributed by atoms with Crippen molar-refractivity contribution in [3.8, 4) is 0 Å². The van der Waals surface area contributed by atoms with Gasteiger partial charge in [0.2, 0.25) is 11.9 Å². The third kappa shape index (κ3) is 3.64. The van der Waals surface area contributed by atoms with E-state index in [0.29, 0.717) is 0 Å². The predicted octanol–water partition coefficient (Wildman–Crippen LogP) is 0.596. The van der Waals surface area contributed by atoms with Gasteiger partial charge in [0, 0.05) is 38.6 Å². The van der Waals surface area contributed by atoms with Crippen LogP contribution in [0.25, 0.3) is 0 Å². The Morgan fingerprint density at radius 2 is 2.26 bits per heavy atom. The fourth-order valence-corrected chi connectivity index (χ4v) is 2.16. The first-order chi connectivity index (χ1) is 9.20. The highest BCUT2D eigenvalue weighted by molar-refractivity contribution is 5.80. The van der Waals surface area contributed by atoms with Crippen LogP contribution in [0.3, 0.4) is 0 Å². The van der Waals surface area contributed by atoms with E-state index in [1.54, 1.807) is 25.4 Å². The quantitative estimate of drug-likeness (QED) is 0.862. The number of nitrogens with zero attached hydrogens (tertiary/aromatic N) is 3. The van der Waals surface area contributed by atoms with Crippen molar-refractivity contribution in [3.63, 3.8) is 0 Å². The van der Waals surface area contributed by atoms with Gasteiger partial charge in [0.1, 0.15) is 6.10 Å². The standard InChI is InChI=1S/C13H20N4O2/c1-10(19-2)12(18)16-11-5-3-8-17(9-11)13-14-6-4-7-15-13/h4,6-7,10-11H,3,5,8-9H2,1-2H3,(H,16,18). The van der Waals surface area contributed by atoms with Crippen LogP contribution in [0.5, 0.6) is 0 Å². The molecule has 1 amide bonds. The first-order valence-electron chi connectivity index (χ1n) is 6.56. The van der Waals surface area contributed by atoms with Crippen LogP contribution >= 0.6 is 0 Å². The molecule has 1 aromatic heterocycles. The number of methoxy groups -OCH3 is 1. The van der Waals surface area contributed by atoms with Gasteiger partial charge in [-0.05, 0) is 25.8 Å². The van der Waals surface area contributed by atoms with Gasteiger partial charge in [0.25, 0.3) is 0 Å². The highest BCUT2D eigenvalue weighted by atomic mass is 16.5. The largest absolute Gasteiger partial charge is 0.372 e. The molecular formula is C13H20N4O2. The molecular weight excluding hydrogens is 244 g/mol. The molecule has 0 aromatic carbocycles. The van der Waals surface area contributed by atoms with Crippen LogP contribution in [0.1, 0.15) is 19.8 Å². The lowest BCUT2D eigenvalue weighted by Gasteiger charge is -2.33. The van der Waals surface area contributed by atoms with Crippen molar-refractivity contribution in [2.75, 3.05) is 25.1 Å². The smallest absolute Gasteiger partial charge is 0.249 e. The van der Waals surface area contributed by atoms with Crippen LogP contribution in [0.2, 0.25) is 0 Å². The van der Waals surface area contributed by atoms with Crippen molar-refractivity contribution >= 4 is 11.9 Å². The topological polar surface area (TPSA) is 67.3 Å². The second-order valence-electron chi connectivity index (χ2n) is 4.72. The van der Waals surface area contributed by atoms with Gasteiger partial charge in [-0.2, -0.15) is 0 Å². The third-order valence-electron chi connectivity index (χ3n) is 3.33. The lowest BCUT2D eigenvalue weighted by atomic mass is 10.1. The minimum Gasteiger partial charge on any atom is -0.372 e. The second-order valence-corrected chi connectivity index (χ2v) is 4.72. The predicted molar refractivity (Wildman–Crippen MR) is 71.9 cm³/mol. The number of carbonyl (C=O) groups is 1. The van der Waals surface area contributed by atoms with Crippen LogP contribution in [0, 0.1) is 0 Å². The maximum absolute atomic E-state index is 11.8. The number of piperidine rings is 1. The van der Waals surface area contributed by atoms with Gasteiger partial charge in [-0.3, -0.25) is 4.79 Å². The zero-order valence-corrected chi connectivity index (χ0v) is 11.4. The van der Waals surface area contributed by atoms with Crippen LogP contribution in [-0.4, -0.2) is 48.2 Å². The van der Waals surface area contributed by atoms with Crippen molar-refractivity contribution in [2.45, 2.75) is 31.9 Å². The molecule has 0 radical (unpaired) electrons. The molecule has 2 unspecified atom stereocenters. The highest BCUT2D eigenvalue weighted by Gasteiger charge is 2.24. The first-order valence-corrected chi connectivity index (χ1v) is 6.56. The van der Waals surface area contributed by atoms with Gasteiger partial charge in [-0.1, -0.05) is 0 Å². The number of rotatable bonds is 4. The summed E-state index contributed by atoms with van der Waals surface area (Å²) in [6.07, 6.45) is 5.05. The first kappa shape index (κ1) is 13.7. The fraction of sp³-hybridized carbons (Fsp3) is 0.615. The van der Waals surface area contributed by atoms with E-state index in [-0.39, 0.29) is 11.9 Å². The van der Waals surface area contributed by atoms with Crippen molar-refractivity contribution in [3.05, 3.63) is 18.5 Å². The van der Waals surface area contributed by atoms with E-state index in [0.717, 1.165) is 31.9 Å². The molecule has 0 aliphatic carbocycles. The van der Waals surface area contributed by atoms with Gasteiger partial charge in [-0.15, -0.1) is 0 Å². The summed E-state index contributed by atoms with van der Waals surface area (Å²) in [7, 11) is 1.54. The van der Waals surface area contributed by atoms with Crippen LogP contribution < -0.4 is 10.2 Å². The Morgan fingerprint density at radius 3 is 2.95 bits per heavy atom. The third-order valence-corrected chi connectivity index (χ3v) is 3.33. The molecule has 0 bridgehead atoms. The Labute approximate surface area is 113 Å². The van der Waals surface area contributed by atoms with Crippen molar-refractivity contribution < 1.29 is 9.53 Å². The normalized spacial score (nSPS) is 20.9. The Balaban J connectivity index is 1.92. The molecule has 1 N–H and O–H groups in total. The van der Waals surface area contributed by atoms with E-state index in [2.05, 4.69) is 20.2 Å². The molecule has 0 spiro atoms. The maximum Gasteiger partial charge on any atom is 0.249 e. The Hall–Kier alpha value is -1.69. The fourth-order valence-electron chi connectivity index (χ4n) is 2.16. The number of hydrogen-bond acceptors (Lipinski definition) is 5. The molecule has 1 fully saturated rings. The summed E-state index contributed by atoms with van der Waals surface area (Å²) >= 11 is 0. The van der Waals surface area contributed by atoms with E-state index >= 15 is 0 Å². The molecule has 0 saturated carbocycles. The van der Waals surface area contributed by atoms with Crippen molar-refractivity contribution in [2.24, 2.45) is 0 Å². The van der Waals surface area contributed by atoms with Gasteiger partial charge >= 0.3 is 0 Å². The SMILES string of the molecule is COC(C)C(=O)NC1CCCN(c2ncccn2)C1. The number of aromatic nitrogens is 2. The molecule has 1 aliphatic heterocycles. The molecule has 1 aliphatic rings. The number of anilines is 1. The molecule has 19 heavy (non-hydrogen) atoms. The lowest BCUT2D eigenvalue weighted by molar-refractivity contribution is -0.130. The molecule has 2 heterocycles. The maximum atomic E-state index is 11.8. The monoisotopic (exact) mass is 264 g/mol. The lowest BCUT2D eigenvalue weighted by Crippen LogP contribution is -2.50. The van der Waals surface area contributed by atoms with E-state index < -0.39 is 6.10 Å². The average molecular weight is 264 g/mol. The summed E-state index contributed by atoms with van der Waals surface area (Å²) in [6.45, 7) is 3.42. The van der Waals surface area contributed by atoms with Gasteiger partial charge < -0.3 is 15.0 Å². The van der Waals surface area contributed by atoms with Gasteiger partial charge in [0.15, 0.2) is 0 Å². The van der Waals surface area contributed by atoms with Crippen LogP contribution in [0.15, 0.2) is 18.5 Å². The zero-order chi connectivity index (χ0) is 13.7. The van der Waals surface area contributed by atoms with Gasteiger partial charge in [0.05, 0.1) is 0 Å². The minimum absolute atomic E-state index is 0.0664. The second kappa shape index (κ2) is 6.47. The molecule has 6 heteroatoms. The molecule has 2 atom stereocenters. The number of hydrogen-bond donors (Lipinski definition) is 1. The average Bonchev–Trinajstić information content (AvgIpc) is 2.47. The minimum atomic E-state index is -0.414. The summed E-state index contributed by atoms with van der Waals surface area (Å²) in [6, 6.07) is 1.93. The summed E-state index contributed by atoms with van der Waals surface area (Å²) in [4.78, 5) is 22.4. The van der Waals surface area contributed by atoms with Crippen LogP contribution in [-0.2, 0) is 9.53 Å². The molecule has 6 nitrogen and oxygen atoms in total. The molecule has 1 aromatic rings. The summed E-state index contributed by atoms with van der Waals surface area (Å²) in [5.74, 6) is 0.657. The van der Waals surface area contributed by atoms with E-state index in [1.807, 2.05) is 0 Å². The number of ether oxygens (including phenoxy) is 1. The van der Waals surface area contributed by atoms with Crippen molar-refractivity contribution in [1.82, 2.24) is 15.3 Å². The molecule has 2 rings (SSSR count). The summed E-state index contributed by atoms with van der Waals surface area (Å²) < 4.78 is 5.01. The molecule has 1 saturated heterocycles. The van der Waals surface area contributed by atoms with E-state index in [9.17, 15) is 4.79 Å². The Morgan fingerprint density at radius 1 is 1.53 bits per heavy atom. The van der Waals surface area contributed by atoms with Crippen LogP contribution in [0.4, 0.5) is 5.95 Å². The highest BCUT2D eigenvalue weighted by Crippen LogP contribution is 2.15. The summed E-state index contributed by atoms with van der Waals surface area (Å²) in [5.41, 5.74) is 0. The van der Waals surface area contributed by atoms with E-state index in [1.165, 1.54) is 7.11 Å². The zero-order valence-electron chi connectivity index (χ0n) is 11.4. The Kier molecular flexibility index (Phi) is 4.68. The number of carbonyl (C=O) groups excluding carboxylic acids is 1. The van der Waals surface area contributed by atoms with Gasteiger partial charge in [-0.25, -0.2) is 9.97 Å². The number of nitrogens with one attached hydrogen (secondary N) is 1. The van der Waals surface area contributed by atoms with E-state index in [4.69, 9.17) is 4.74 Å². The number of amides is 1. The van der Waals surface area contributed by atoms with Crippen molar-refractivity contribution in [1.29, 1.82) is 0 Å².